The third kappa shape index (κ3) is 2.08. The summed E-state index contributed by atoms with van der Waals surface area (Å²) in [5.41, 5.74) is 1.52. The van der Waals surface area contributed by atoms with Gasteiger partial charge in [-0.3, -0.25) is 4.98 Å². The van der Waals surface area contributed by atoms with Crippen LogP contribution in [0.5, 0.6) is 5.75 Å². The molecule has 0 N–H and O–H groups in total. The van der Waals surface area contributed by atoms with Gasteiger partial charge in [-0.1, -0.05) is 0 Å². The first-order valence-corrected chi connectivity index (χ1v) is 4.95. The number of hydrogen-bond donors (Lipinski definition) is 0. The normalized spacial score (nSPS) is 9.71. The maximum absolute atomic E-state index is 13.1. The number of methoxy groups -OCH3 is 1. The zero-order chi connectivity index (χ0) is 12.3. The zero-order valence-corrected chi connectivity index (χ0v) is 9.14. The van der Waals surface area contributed by atoms with E-state index in [0.29, 0.717) is 22.6 Å². The van der Waals surface area contributed by atoms with E-state index in [0.717, 1.165) is 0 Å². The van der Waals surface area contributed by atoms with Crippen LogP contribution < -0.4 is 4.74 Å². The number of benzene rings is 1. The molecule has 1 aromatic carbocycles. The quantitative estimate of drug-likeness (QED) is 0.793. The summed E-state index contributed by atoms with van der Waals surface area (Å²) in [5.74, 6) is -0.0276. The zero-order valence-electron chi connectivity index (χ0n) is 9.14. The molecule has 0 radical (unpaired) electrons. The number of ether oxygens (including phenoxy) is 1. The van der Waals surface area contributed by atoms with Crippen LogP contribution in [0.2, 0.25) is 0 Å². The van der Waals surface area contributed by atoms with Crippen molar-refractivity contribution in [1.82, 2.24) is 4.98 Å². The van der Waals surface area contributed by atoms with E-state index in [2.05, 4.69) is 4.98 Å². The van der Waals surface area contributed by atoms with Crippen LogP contribution in [0.3, 0.4) is 0 Å². The molecule has 3 nitrogen and oxygen atoms in total. The Labute approximate surface area is 98.1 Å². The molecule has 84 valence electrons. The molecule has 0 aliphatic carbocycles. The highest BCUT2D eigenvalue weighted by atomic mass is 19.1. The van der Waals surface area contributed by atoms with Gasteiger partial charge in [0.25, 0.3) is 0 Å². The van der Waals surface area contributed by atoms with Gasteiger partial charge in [-0.15, -0.1) is 0 Å². The van der Waals surface area contributed by atoms with Crippen LogP contribution in [0.1, 0.15) is 5.56 Å². The Bertz CT molecular complexity index is 590. The maximum atomic E-state index is 13.1. The number of hydrogen-bond acceptors (Lipinski definition) is 3. The monoisotopic (exact) mass is 228 g/mol. The predicted molar refractivity (Wildman–Crippen MR) is 60.9 cm³/mol. The van der Waals surface area contributed by atoms with Crippen LogP contribution in [0.4, 0.5) is 4.39 Å². The van der Waals surface area contributed by atoms with Crippen molar-refractivity contribution in [2.45, 2.75) is 0 Å². The average Bonchev–Trinajstić information content (AvgIpc) is 2.38. The fourth-order valence-electron chi connectivity index (χ4n) is 1.57. The molecule has 4 heteroatoms. The summed E-state index contributed by atoms with van der Waals surface area (Å²) >= 11 is 0. The van der Waals surface area contributed by atoms with E-state index < -0.39 is 0 Å². The second-order valence-corrected chi connectivity index (χ2v) is 3.36. The smallest absolute Gasteiger partial charge is 0.131 e. The molecule has 0 aliphatic heterocycles. The first-order valence-electron chi connectivity index (χ1n) is 4.95. The van der Waals surface area contributed by atoms with Gasteiger partial charge in [0.1, 0.15) is 17.6 Å². The summed E-state index contributed by atoms with van der Waals surface area (Å²) in [4.78, 5) is 4.13. The van der Waals surface area contributed by atoms with Crippen LogP contribution in [0.25, 0.3) is 11.3 Å². The van der Waals surface area contributed by atoms with Crippen molar-refractivity contribution >= 4 is 0 Å². The van der Waals surface area contributed by atoms with E-state index in [1.54, 1.807) is 24.4 Å². The summed E-state index contributed by atoms with van der Waals surface area (Å²) in [6, 6.07) is 9.52. The Balaban J connectivity index is 2.65. The van der Waals surface area contributed by atoms with Crippen molar-refractivity contribution in [3.05, 3.63) is 47.9 Å². The lowest BCUT2D eigenvalue weighted by atomic mass is 10.1. The Morgan fingerprint density at radius 3 is 2.88 bits per heavy atom. The molecule has 0 fully saturated rings. The molecule has 1 heterocycles. The molecule has 17 heavy (non-hydrogen) atoms. The number of halogens is 1. The van der Waals surface area contributed by atoms with E-state index in [-0.39, 0.29) is 5.82 Å². The highest BCUT2D eigenvalue weighted by molar-refractivity contribution is 5.72. The molecule has 1 aromatic heterocycles. The highest BCUT2D eigenvalue weighted by Gasteiger charge is 2.11. The maximum Gasteiger partial charge on any atom is 0.131 e. The van der Waals surface area contributed by atoms with Gasteiger partial charge in [0.05, 0.1) is 18.4 Å². The van der Waals surface area contributed by atoms with Crippen LogP contribution in [-0.2, 0) is 0 Å². The fourth-order valence-corrected chi connectivity index (χ4v) is 1.57. The van der Waals surface area contributed by atoms with Crippen molar-refractivity contribution in [1.29, 1.82) is 5.26 Å². The fraction of sp³-hybridized carbons (Fsp3) is 0.0769. The minimum absolute atomic E-state index is 0.361. The second kappa shape index (κ2) is 4.62. The van der Waals surface area contributed by atoms with Crippen molar-refractivity contribution in [2.24, 2.45) is 0 Å². The lowest BCUT2D eigenvalue weighted by Gasteiger charge is -2.08. The first-order chi connectivity index (χ1) is 8.26. The van der Waals surface area contributed by atoms with Crippen LogP contribution in [0.15, 0.2) is 36.5 Å². The van der Waals surface area contributed by atoms with Gasteiger partial charge >= 0.3 is 0 Å². The van der Waals surface area contributed by atoms with E-state index in [1.165, 1.54) is 19.2 Å². The number of aromatic nitrogens is 1. The first kappa shape index (κ1) is 11.1. The molecular weight excluding hydrogens is 219 g/mol. The lowest BCUT2D eigenvalue weighted by Crippen LogP contribution is -1.93. The van der Waals surface area contributed by atoms with E-state index in [4.69, 9.17) is 10.00 Å². The molecule has 2 rings (SSSR count). The molecule has 0 saturated heterocycles. The van der Waals surface area contributed by atoms with Crippen molar-refractivity contribution < 1.29 is 9.13 Å². The molecule has 0 aliphatic rings. The van der Waals surface area contributed by atoms with Crippen molar-refractivity contribution in [3.8, 4) is 23.1 Å². The molecule has 2 aromatic rings. The standard InChI is InChI=1S/C13H9FN2O/c1-17-12-7-10(14)4-5-11(12)13-9(8-15)3-2-6-16-13/h2-7H,1H3. The minimum atomic E-state index is -0.389. The minimum Gasteiger partial charge on any atom is -0.496 e. The SMILES string of the molecule is COc1cc(F)ccc1-c1ncccc1C#N. The van der Waals surface area contributed by atoms with Gasteiger partial charge in [0, 0.05) is 17.8 Å². The topological polar surface area (TPSA) is 45.9 Å². The lowest BCUT2D eigenvalue weighted by molar-refractivity contribution is 0.413. The largest absolute Gasteiger partial charge is 0.496 e. The van der Waals surface area contributed by atoms with Gasteiger partial charge in [0.15, 0.2) is 0 Å². The van der Waals surface area contributed by atoms with Gasteiger partial charge in [-0.25, -0.2) is 4.39 Å². The van der Waals surface area contributed by atoms with Gasteiger partial charge in [-0.2, -0.15) is 5.26 Å². The molecule has 0 unspecified atom stereocenters. The highest BCUT2D eigenvalue weighted by Crippen LogP contribution is 2.30. The Morgan fingerprint density at radius 2 is 2.18 bits per heavy atom. The number of pyridine rings is 1. The molecular formula is C13H9FN2O. The summed E-state index contributed by atoms with van der Waals surface area (Å²) in [5, 5.41) is 8.99. The summed E-state index contributed by atoms with van der Waals surface area (Å²) in [6.07, 6.45) is 1.58. The third-order valence-electron chi connectivity index (χ3n) is 2.35. The number of rotatable bonds is 2. The van der Waals surface area contributed by atoms with Crippen LogP contribution in [0, 0.1) is 17.1 Å². The molecule has 0 bridgehead atoms. The predicted octanol–water partition coefficient (Wildman–Crippen LogP) is 2.77. The number of nitrogens with zero attached hydrogens (tertiary/aromatic N) is 2. The Morgan fingerprint density at radius 1 is 1.35 bits per heavy atom. The van der Waals surface area contributed by atoms with E-state index in [9.17, 15) is 4.39 Å². The Hall–Kier alpha value is -2.41. The van der Waals surface area contributed by atoms with E-state index in [1.807, 2.05) is 6.07 Å². The summed E-state index contributed by atoms with van der Waals surface area (Å²) in [7, 11) is 1.45. The molecule has 0 amide bonds. The van der Waals surface area contributed by atoms with Crippen molar-refractivity contribution in [2.75, 3.05) is 7.11 Å². The van der Waals surface area contributed by atoms with Crippen molar-refractivity contribution in [3.63, 3.8) is 0 Å². The third-order valence-corrected chi connectivity index (χ3v) is 2.35. The molecule has 0 spiro atoms. The summed E-state index contributed by atoms with van der Waals surface area (Å²) in [6.45, 7) is 0. The molecule has 0 saturated carbocycles. The van der Waals surface area contributed by atoms with Gasteiger partial charge < -0.3 is 4.74 Å². The van der Waals surface area contributed by atoms with Crippen LogP contribution >= 0.6 is 0 Å². The Kier molecular flexibility index (Phi) is 3.01. The molecule has 0 atom stereocenters. The summed E-state index contributed by atoms with van der Waals surface area (Å²) < 4.78 is 18.2. The van der Waals surface area contributed by atoms with Crippen LogP contribution in [-0.4, -0.2) is 12.1 Å². The van der Waals surface area contributed by atoms with Gasteiger partial charge in [-0.05, 0) is 24.3 Å². The number of nitriles is 1. The second-order valence-electron chi connectivity index (χ2n) is 3.36. The average molecular weight is 228 g/mol. The van der Waals surface area contributed by atoms with Gasteiger partial charge in [0.2, 0.25) is 0 Å². The van der Waals surface area contributed by atoms with E-state index >= 15 is 0 Å².